The fraction of sp³-hybridized carbons (Fsp3) is 0.200. The van der Waals surface area contributed by atoms with E-state index in [4.69, 9.17) is 9.47 Å². The topological polar surface area (TPSA) is 129 Å². The van der Waals surface area contributed by atoms with Gasteiger partial charge in [0.1, 0.15) is 18.4 Å². The molecular weight excluding hydrogens is 586 g/mol. The van der Waals surface area contributed by atoms with E-state index in [2.05, 4.69) is 16.2 Å². The summed E-state index contributed by atoms with van der Waals surface area (Å²) >= 11 is 0. The van der Waals surface area contributed by atoms with E-state index in [0.717, 1.165) is 16.7 Å². The number of nitrogens with zero attached hydrogens (tertiary/aromatic N) is 2. The largest absolute Gasteiger partial charge is 0.460 e. The summed E-state index contributed by atoms with van der Waals surface area (Å²) in [6.45, 7) is 0.214. The van der Waals surface area contributed by atoms with Crippen LogP contribution in [0, 0.1) is 0 Å². The molecule has 0 aromatic heterocycles. The fourth-order valence-corrected chi connectivity index (χ4v) is 4.42. The number of benzene rings is 4. The first-order valence-electron chi connectivity index (χ1n) is 14.7. The third-order valence-electron chi connectivity index (χ3n) is 6.81. The Balaban J connectivity index is 1.34. The van der Waals surface area contributed by atoms with Crippen LogP contribution in [0.15, 0.2) is 115 Å². The Hall–Kier alpha value is -5.52. The normalized spacial score (nSPS) is 11.4. The highest BCUT2D eigenvalue weighted by Gasteiger charge is 2.27. The second-order valence-corrected chi connectivity index (χ2v) is 10.5. The minimum absolute atomic E-state index is 0.0666. The average Bonchev–Trinajstić information content (AvgIpc) is 3.07. The third kappa shape index (κ3) is 10.9. The van der Waals surface area contributed by atoms with Crippen LogP contribution in [0.3, 0.4) is 0 Å². The van der Waals surface area contributed by atoms with Crippen molar-refractivity contribution in [1.82, 2.24) is 26.2 Å². The molecule has 11 nitrogen and oxygen atoms in total. The molecule has 4 aromatic rings. The van der Waals surface area contributed by atoms with Gasteiger partial charge in [0.25, 0.3) is 0 Å². The summed E-state index contributed by atoms with van der Waals surface area (Å²) < 4.78 is 11.1. The lowest BCUT2D eigenvalue weighted by atomic mass is 10.1. The second kappa shape index (κ2) is 17.1. The molecule has 0 bridgehead atoms. The van der Waals surface area contributed by atoms with E-state index in [1.165, 1.54) is 10.0 Å². The molecule has 3 amide bonds. The van der Waals surface area contributed by atoms with E-state index in [1.807, 2.05) is 66.7 Å². The number of nitrogens with one attached hydrogen (secondary N) is 3. The van der Waals surface area contributed by atoms with Gasteiger partial charge in [0, 0.05) is 27.1 Å². The van der Waals surface area contributed by atoms with Gasteiger partial charge in [-0.2, -0.15) is 0 Å². The van der Waals surface area contributed by atoms with Crippen molar-refractivity contribution in [2.75, 3.05) is 20.6 Å². The number of esters is 2. The summed E-state index contributed by atoms with van der Waals surface area (Å²) in [5.41, 5.74) is 8.23. The number of likely N-dealkylation sites (N-methyl/N-ethyl adjacent to an activating group) is 2. The van der Waals surface area contributed by atoms with Crippen LogP contribution in [0.1, 0.15) is 27.0 Å². The van der Waals surface area contributed by atoms with Crippen molar-refractivity contribution in [2.24, 2.45) is 0 Å². The highest BCUT2D eigenvalue weighted by molar-refractivity contribution is 5.91. The first-order chi connectivity index (χ1) is 22.3. The molecule has 0 unspecified atom stereocenters. The maximum absolute atomic E-state index is 13.3. The lowest BCUT2D eigenvalue weighted by Gasteiger charge is -2.28. The zero-order valence-electron chi connectivity index (χ0n) is 25.7. The van der Waals surface area contributed by atoms with E-state index < -0.39 is 29.9 Å². The lowest BCUT2D eigenvalue weighted by molar-refractivity contribution is -0.153. The molecule has 0 aliphatic carbocycles. The van der Waals surface area contributed by atoms with Crippen LogP contribution in [0.4, 0.5) is 4.79 Å². The summed E-state index contributed by atoms with van der Waals surface area (Å²) in [5.74, 6) is -1.13. The number of ether oxygens (including phenoxy) is 2. The molecule has 0 aliphatic rings. The van der Waals surface area contributed by atoms with Gasteiger partial charge in [0.15, 0.2) is 0 Å². The number of hydrazine groups is 2. The van der Waals surface area contributed by atoms with Gasteiger partial charge in [-0.05, 0) is 41.0 Å². The van der Waals surface area contributed by atoms with Crippen molar-refractivity contribution in [3.05, 3.63) is 138 Å². The predicted octanol–water partition coefficient (Wildman–Crippen LogP) is 3.87. The van der Waals surface area contributed by atoms with E-state index in [9.17, 15) is 19.2 Å². The first-order valence-corrected chi connectivity index (χ1v) is 14.7. The van der Waals surface area contributed by atoms with Gasteiger partial charge >= 0.3 is 18.0 Å². The molecule has 238 valence electrons. The second-order valence-electron chi connectivity index (χ2n) is 10.5. The SMILES string of the molecule is CN(CC(=O)NN(C)[C@@H](Cc1ccc(OC(=O)c2ccccc2)cc1)C(=O)OCc1ccccc1)NC(=O)NCc1ccccc1. The van der Waals surface area contributed by atoms with Crippen LogP contribution in [-0.4, -0.2) is 60.6 Å². The summed E-state index contributed by atoms with van der Waals surface area (Å²) in [6, 6.07) is 32.8. The van der Waals surface area contributed by atoms with Crippen LogP contribution in [-0.2, 0) is 33.9 Å². The summed E-state index contributed by atoms with van der Waals surface area (Å²) in [5, 5.41) is 5.46. The van der Waals surface area contributed by atoms with Gasteiger partial charge in [0.2, 0.25) is 5.91 Å². The lowest BCUT2D eigenvalue weighted by Crippen LogP contribution is -2.54. The van der Waals surface area contributed by atoms with Crippen LogP contribution in [0.2, 0.25) is 0 Å². The van der Waals surface area contributed by atoms with Crippen molar-refractivity contribution in [3.8, 4) is 5.75 Å². The van der Waals surface area contributed by atoms with Crippen LogP contribution >= 0.6 is 0 Å². The number of rotatable bonds is 14. The smallest absolute Gasteiger partial charge is 0.343 e. The van der Waals surface area contributed by atoms with E-state index >= 15 is 0 Å². The van der Waals surface area contributed by atoms with E-state index in [1.54, 1.807) is 62.6 Å². The maximum Gasteiger partial charge on any atom is 0.343 e. The highest BCUT2D eigenvalue weighted by atomic mass is 16.5. The van der Waals surface area contributed by atoms with Crippen molar-refractivity contribution in [1.29, 1.82) is 0 Å². The monoisotopic (exact) mass is 623 g/mol. The molecule has 4 rings (SSSR count). The summed E-state index contributed by atoms with van der Waals surface area (Å²) in [6.07, 6.45) is 0.188. The minimum atomic E-state index is -0.891. The fourth-order valence-electron chi connectivity index (χ4n) is 4.42. The Labute approximate surface area is 268 Å². The summed E-state index contributed by atoms with van der Waals surface area (Å²) in [4.78, 5) is 50.9. The molecular formula is C35H37N5O6. The number of urea groups is 1. The Bertz CT molecular complexity index is 1570. The van der Waals surface area contributed by atoms with Gasteiger partial charge in [-0.3, -0.25) is 20.4 Å². The maximum atomic E-state index is 13.3. The van der Waals surface area contributed by atoms with Gasteiger partial charge in [-0.1, -0.05) is 91.0 Å². The van der Waals surface area contributed by atoms with E-state index in [-0.39, 0.29) is 19.6 Å². The van der Waals surface area contributed by atoms with Crippen molar-refractivity contribution in [3.63, 3.8) is 0 Å². The molecule has 0 aliphatic heterocycles. The Kier molecular flexibility index (Phi) is 12.4. The number of hydrogen-bond acceptors (Lipinski definition) is 8. The van der Waals surface area contributed by atoms with Gasteiger partial charge in [-0.25, -0.2) is 19.6 Å². The Morgan fingerprint density at radius 2 is 1.28 bits per heavy atom. The molecule has 0 fully saturated rings. The highest BCUT2D eigenvalue weighted by Crippen LogP contribution is 2.17. The zero-order chi connectivity index (χ0) is 32.7. The van der Waals surface area contributed by atoms with Crippen molar-refractivity contribution < 1.29 is 28.7 Å². The molecule has 0 saturated heterocycles. The van der Waals surface area contributed by atoms with Gasteiger partial charge in [0.05, 0.1) is 12.1 Å². The number of carbonyl (C=O) groups is 4. The standard InChI is InChI=1S/C35H37N5O6/c1-39(38-35(44)36-23-27-12-6-3-7-13-27)24-32(41)37-40(2)31(34(43)45-25-28-14-8-4-9-15-28)22-26-18-20-30(21-19-26)46-33(42)29-16-10-5-11-17-29/h3-21,31H,22-25H2,1-2H3,(H,37,41)(H2,36,38,44)/t31-/m0/s1. The molecule has 46 heavy (non-hydrogen) atoms. The first kappa shape index (κ1) is 33.4. The molecule has 4 aromatic carbocycles. The van der Waals surface area contributed by atoms with Gasteiger partial charge in [-0.15, -0.1) is 0 Å². The van der Waals surface area contributed by atoms with E-state index in [0.29, 0.717) is 17.9 Å². The Morgan fingerprint density at radius 1 is 0.696 bits per heavy atom. The minimum Gasteiger partial charge on any atom is -0.460 e. The molecule has 0 radical (unpaired) electrons. The van der Waals surface area contributed by atoms with Crippen molar-refractivity contribution >= 4 is 23.9 Å². The molecule has 3 N–H and O–H groups in total. The van der Waals surface area contributed by atoms with Crippen LogP contribution < -0.4 is 20.9 Å². The Morgan fingerprint density at radius 3 is 1.91 bits per heavy atom. The van der Waals surface area contributed by atoms with Crippen LogP contribution in [0.25, 0.3) is 0 Å². The number of amides is 3. The molecule has 11 heteroatoms. The molecule has 0 heterocycles. The average molecular weight is 624 g/mol. The summed E-state index contributed by atoms with van der Waals surface area (Å²) in [7, 11) is 3.13. The van der Waals surface area contributed by atoms with Crippen LogP contribution in [0.5, 0.6) is 5.75 Å². The molecule has 0 saturated carbocycles. The van der Waals surface area contributed by atoms with Gasteiger partial charge < -0.3 is 14.8 Å². The molecule has 1 atom stereocenters. The third-order valence-corrected chi connectivity index (χ3v) is 6.81. The number of hydrogen-bond donors (Lipinski definition) is 3. The molecule has 0 spiro atoms. The predicted molar refractivity (Wildman–Crippen MR) is 172 cm³/mol. The van der Waals surface area contributed by atoms with Crippen molar-refractivity contribution in [2.45, 2.75) is 25.6 Å². The zero-order valence-corrected chi connectivity index (χ0v) is 25.7. The quantitative estimate of drug-likeness (QED) is 0.110. The number of carbonyl (C=O) groups excluding carboxylic acids is 4.